The lowest BCUT2D eigenvalue weighted by Gasteiger charge is -2.25. The number of ether oxygens (including phenoxy) is 2. The highest BCUT2D eigenvalue weighted by Crippen LogP contribution is 2.27. The number of Topliss-reactive ketones (excluding diaryl/α,β-unsaturated/α-hetero) is 1. The van der Waals surface area contributed by atoms with Gasteiger partial charge in [0.15, 0.2) is 5.76 Å². The van der Waals surface area contributed by atoms with Gasteiger partial charge in [0.05, 0.1) is 28.7 Å². The van der Waals surface area contributed by atoms with Gasteiger partial charge in [-0.2, -0.15) is 11.8 Å². The summed E-state index contributed by atoms with van der Waals surface area (Å²) < 4.78 is 16.3. The molecule has 9 heteroatoms. The standard InChI is InChI=1S/C22H27N3O4S2/c1-22(2,18-10-15(12-27-3)29-25-18)20(23)19(26)21(31-5)28-14-6-7-17-13(8-14)9-16(30-4)11-24-17/h6-10,16,21,23H,11-12H2,1-5H3. The summed E-state index contributed by atoms with van der Waals surface area (Å²) in [6.07, 6.45) is 6.02. The Morgan fingerprint density at radius 1 is 1.35 bits per heavy atom. The average molecular weight is 462 g/mol. The summed E-state index contributed by atoms with van der Waals surface area (Å²) in [5, 5.41) is 14.9. The molecular formula is C22H27N3O4S2. The third-order valence-corrected chi connectivity index (χ3v) is 6.77. The first-order chi connectivity index (χ1) is 14.8. The molecular weight excluding hydrogens is 434 g/mol. The summed E-state index contributed by atoms with van der Waals surface area (Å²) in [5.41, 5.74) is -1.36. The molecule has 2 aromatic rings. The van der Waals surface area contributed by atoms with E-state index in [1.165, 1.54) is 11.8 Å². The van der Waals surface area contributed by atoms with Crippen molar-refractivity contribution in [1.82, 2.24) is 5.16 Å². The highest BCUT2D eigenvalue weighted by molar-refractivity contribution is 8.00. The summed E-state index contributed by atoms with van der Waals surface area (Å²) in [7, 11) is 1.56. The van der Waals surface area contributed by atoms with Crippen molar-refractivity contribution in [2.24, 2.45) is 4.99 Å². The molecule has 31 heavy (non-hydrogen) atoms. The van der Waals surface area contributed by atoms with Crippen molar-refractivity contribution in [2.45, 2.75) is 36.6 Å². The molecule has 2 atom stereocenters. The van der Waals surface area contributed by atoms with Crippen LogP contribution < -0.4 is 15.3 Å². The van der Waals surface area contributed by atoms with Gasteiger partial charge in [0.2, 0.25) is 11.2 Å². The van der Waals surface area contributed by atoms with Gasteiger partial charge in [0.25, 0.3) is 0 Å². The van der Waals surface area contributed by atoms with Crippen molar-refractivity contribution >= 4 is 41.1 Å². The Morgan fingerprint density at radius 2 is 2.13 bits per heavy atom. The van der Waals surface area contributed by atoms with Gasteiger partial charge >= 0.3 is 0 Å². The molecule has 166 valence electrons. The predicted molar refractivity (Wildman–Crippen MR) is 125 cm³/mol. The van der Waals surface area contributed by atoms with Crippen LogP contribution in [0.4, 0.5) is 0 Å². The van der Waals surface area contributed by atoms with E-state index in [4.69, 9.17) is 19.4 Å². The summed E-state index contributed by atoms with van der Waals surface area (Å²) in [6, 6.07) is 7.34. The Hall–Kier alpha value is -2.10. The Kier molecular flexibility index (Phi) is 7.61. The number of hydrogen-bond donors (Lipinski definition) is 1. The maximum atomic E-state index is 13.1. The van der Waals surface area contributed by atoms with Gasteiger partial charge in [-0.3, -0.25) is 9.79 Å². The minimum Gasteiger partial charge on any atom is -0.471 e. The van der Waals surface area contributed by atoms with Gasteiger partial charge in [0.1, 0.15) is 12.4 Å². The number of methoxy groups -OCH3 is 1. The zero-order valence-corrected chi connectivity index (χ0v) is 19.9. The monoisotopic (exact) mass is 461 g/mol. The fourth-order valence-corrected chi connectivity index (χ4v) is 4.22. The second-order valence-corrected chi connectivity index (χ2v) is 9.64. The predicted octanol–water partition coefficient (Wildman–Crippen LogP) is 2.60. The molecule has 1 aromatic heterocycles. The summed E-state index contributed by atoms with van der Waals surface area (Å²) >= 11 is 3.00. The lowest BCUT2D eigenvalue weighted by atomic mass is 9.82. The van der Waals surface area contributed by atoms with Gasteiger partial charge in [-0.05, 0) is 44.6 Å². The van der Waals surface area contributed by atoms with Gasteiger partial charge in [0, 0.05) is 23.6 Å². The van der Waals surface area contributed by atoms with Crippen molar-refractivity contribution < 1.29 is 18.8 Å². The van der Waals surface area contributed by atoms with Crippen molar-refractivity contribution in [2.75, 3.05) is 26.2 Å². The molecule has 1 aliphatic rings. The molecule has 0 amide bonds. The van der Waals surface area contributed by atoms with Crippen LogP contribution in [0.15, 0.2) is 33.8 Å². The number of ketones is 1. The molecule has 1 N–H and O–H groups in total. The molecule has 2 unspecified atom stereocenters. The van der Waals surface area contributed by atoms with Crippen molar-refractivity contribution in [1.29, 1.82) is 5.41 Å². The fourth-order valence-electron chi connectivity index (χ4n) is 3.17. The molecule has 0 radical (unpaired) electrons. The first-order valence-electron chi connectivity index (χ1n) is 9.77. The maximum absolute atomic E-state index is 13.1. The Labute approximate surface area is 190 Å². The normalized spacial score (nSPS) is 16.6. The van der Waals surface area contributed by atoms with E-state index in [0.29, 0.717) is 22.5 Å². The Bertz CT molecular complexity index is 1080. The lowest BCUT2D eigenvalue weighted by molar-refractivity contribution is -0.116. The van der Waals surface area contributed by atoms with E-state index in [2.05, 4.69) is 22.5 Å². The van der Waals surface area contributed by atoms with E-state index >= 15 is 0 Å². The molecule has 0 aliphatic carbocycles. The number of aromatic nitrogens is 1. The van der Waals surface area contributed by atoms with Gasteiger partial charge in [-0.25, -0.2) is 0 Å². The van der Waals surface area contributed by atoms with Gasteiger partial charge in [-0.15, -0.1) is 11.8 Å². The van der Waals surface area contributed by atoms with Crippen LogP contribution in [-0.4, -0.2) is 53.5 Å². The molecule has 0 bridgehead atoms. The van der Waals surface area contributed by atoms with Gasteiger partial charge < -0.3 is 19.4 Å². The number of nitrogens with zero attached hydrogens (tertiary/aromatic N) is 2. The molecule has 0 saturated carbocycles. The maximum Gasteiger partial charge on any atom is 0.228 e. The van der Waals surface area contributed by atoms with Crippen molar-refractivity contribution in [3.05, 3.63) is 46.3 Å². The number of thioether (sulfide) groups is 2. The molecule has 1 aromatic carbocycles. The first kappa shape index (κ1) is 23.6. The Morgan fingerprint density at radius 3 is 2.81 bits per heavy atom. The van der Waals surface area contributed by atoms with Crippen LogP contribution in [0.3, 0.4) is 0 Å². The van der Waals surface area contributed by atoms with Crippen LogP contribution in [-0.2, 0) is 21.6 Å². The summed E-state index contributed by atoms with van der Waals surface area (Å²) in [6.45, 7) is 4.59. The van der Waals surface area contributed by atoms with E-state index < -0.39 is 16.6 Å². The van der Waals surface area contributed by atoms with Crippen LogP contribution in [0.2, 0.25) is 0 Å². The number of hydrogen-bond acceptors (Lipinski definition) is 9. The minimum atomic E-state index is -0.933. The Balaban J connectivity index is 1.79. The topological polar surface area (TPSA) is 97.8 Å². The van der Waals surface area contributed by atoms with Crippen LogP contribution in [0, 0.1) is 5.41 Å². The molecule has 7 nitrogen and oxygen atoms in total. The van der Waals surface area contributed by atoms with E-state index in [9.17, 15) is 4.79 Å². The second kappa shape index (κ2) is 10.0. The van der Waals surface area contributed by atoms with E-state index in [0.717, 1.165) is 17.1 Å². The summed E-state index contributed by atoms with van der Waals surface area (Å²) in [5.74, 6) is 0.721. The molecule has 0 spiro atoms. The van der Waals surface area contributed by atoms with Crippen LogP contribution in [0.25, 0.3) is 6.08 Å². The zero-order valence-electron chi connectivity index (χ0n) is 18.3. The van der Waals surface area contributed by atoms with E-state index in [-0.39, 0.29) is 12.3 Å². The average Bonchev–Trinajstić information content (AvgIpc) is 3.25. The largest absolute Gasteiger partial charge is 0.471 e. The van der Waals surface area contributed by atoms with Crippen molar-refractivity contribution in [3.63, 3.8) is 0 Å². The van der Waals surface area contributed by atoms with E-state index in [1.54, 1.807) is 45.0 Å². The third-order valence-electron chi connectivity index (χ3n) is 5.14. The van der Waals surface area contributed by atoms with Crippen LogP contribution in [0.1, 0.15) is 25.3 Å². The minimum absolute atomic E-state index is 0.0916. The highest BCUT2D eigenvalue weighted by atomic mass is 32.2. The molecule has 1 aliphatic heterocycles. The summed E-state index contributed by atoms with van der Waals surface area (Å²) in [4.78, 5) is 17.7. The first-order valence-corrected chi connectivity index (χ1v) is 12.3. The number of carbonyl (C=O) groups is 1. The number of nitrogens with one attached hydrogen (secondary N) is 1. The molecule has 3 rings (SSSR count). The zero-order chi connectivity index (χ0) is 22.6. The quantitative estimate of drug-likeness (QED) is 0.429. The van der Waals surface area contributed by atoms with Gasteiger partial charge in [-0.1, -0.05) is 11.2 Å². The second-order valence-electron chi connectivity index (χ2n) is 7.66. The number of rotatable bonds is 10. The SMILES string of the molecule is COCc1cc(C(C)(C)C(=N)C(=O)C(Oc2ccc3c(c2)=CC(SC)CN=3)SC)no1. The molecule has 2 heterocycles. The number of carbonyl (C=O) groups excluding carboxylic acids is 1. The fraction of sp³-hybridized carbons (Fsp3) is 0.455. The molecule has 0 fully saturated rings. The molecule has 0 saturated heterocycles. The van der Waals surface area contributed by atoms with Crippen LogP contribution >= 0.6 is 23.5 Å². The lowest BCUT2D eigenvalue weighted by Crippen LogP contribution is -2.41. The third kappa shape index (κ3) is 5.22. The van der Waals surface area contributed by atoms with Crippen molar-refractivity contribution in [3.8, 4) is 5.75 Å². The number of fused-ring (bicyclic) bond motifs is 1. The highest BCUT2D eigenvalue weighted by Gasteiger charge is 2.38. The van der Waals surface area contributed by atoms with E-state index in [1.807, 2.05) is 18.2 Å². The smallest absolute Gasteiger partial charge is 0.228 e. The van der Waals surface area contributed by atoms with Crippen LogP contribution in [0.5, 0.6) is 5.75 Å². The number of benzene rings is 1.